The lowest BCUT2D eigenvalue weighted by Gasteiger charge is -2.34. The molecule has 0 radical (unpaired) electrons. The smallest absolute Gasteiger partial charge is 0.137 e. The Hall–Kier alpha value is -0.540. The van der Waals surface area contributed by atoms with Crippen molar-refractivity contribution in [3.05, 3.63) is 29.6 Å². The molecule has 1 unspecified atom stereocenters. The number of thioether (sulfide) groups is 1. The van der Waals surface area contributed by atoms with Crippen molar-refractivity contribution in [3.63, 3.8) is 0 Å². The van der Waals surface area contributed by atoms with Crippen molar-refractivity contribution in [2.24, 2.45) is 11.3 Å². The van der Waals surface area contributed by atoms with Gasteiger partial charge in [0.1, 0.15) is 5.82 Å². The zero-order valence-electron chi connectivity index (χ0n) is 12.3. The summed E-state index contributed by atoms with van der Waals surface area (Å²) < 4.78 is 13.8. The van der Waals surface area contributed by atoms with Crippen LogP contribution in [0.1, 0.15) is 45.7 Å². The van der Waals surface area contributed by atoms with Crippen LogP contribution in [0.15, 0.2) is 23.1 Å². The largest absolute Gasteiger partial charge is 0.309 e. The first-order valence-electron chi connectivity index (χ1n) is 7.06. The summed E-state index contributed by atoms with van der Waals surface area (Å²) >= 11 is 1.64. The Balaban J connectivity index is 2.10. The minimum atomic E-state index is -0.0721. The van der Waals surface area contributed by atoms with Crippen LogP contribution in [0, 0.1) is 17.2 Å². The van der Waals surface area contributed by atoms with E-state index in [1.165, 1.54) is 0 Å². The second kappa shape index (κ2) is 5.84. The summed E-state index contributed by atoms with van der Waals surface area (Å²) in [5, 5.41) is 3.65. The molecule has 1 aromatic carbocycles. The highest BCUT2D eigenvalue weighted by Gasteiger charge is 2.27. The van der Waals surface area contributed by atoms with E-state index in [1.807, 2.05) is 6.07 Å². The van der Waals surface area contributed by atoms with Gasteiger partial charge in [-0.3, -0.25) is 0 Å². The van der Waals surface area contributed by atoms with Gasteiger partial charge < -0.3 is 5.32 Å². The van der Waals surface area contributed by atoms with Gasteiger partial charge in [-0.25, -0.2) is 4.39 Å². The van der Waals surface area contributed by atoms with Crippen molar-refractivity contribution in [2.75, 3.05) is 12.3 Å². The molecule has 1 aromatic rings. The van der Waals surface area contributed by atoms with E-state index in [-0.39, 0.29) is 11.2 Å². The molecule has 1 aliphatic rings. The normalized spacial score (nSPS) is 19.6. The minimum Gasteiger partial charge on any atom is -0.309 e. The van der Waals surface area contributed by atoms with Gasteiger partial charge in [0, 0.05) is 17.5 Å². The van der Waals surface area contributed by atoms with E-state index in [0.29, 0.717) is 12.0 Å². The maximum atomic E-state index is 13.8. The predicted molar refractivity (Wildman–Crippen MR) is 81.1 cm³/mol. The summed E-state index contributed by atoms with van der Waals surface area (Å²) in [5.41, 5.74) is 1.40. The second-order valence-corrected chi connectivity index (χ2v) is 7.48. The Labute approximate surface area is 120 Å². The SMILES string of the molecule is CC(C)C(C)(C)CNC1CCSc2c(F)cccc21. The molecule has 1 heterocycles. The van der Waals surface area contributed by atoms with Gasteiger partial charge in [-0.05, 0) is 35.1 Å². The van der Waals surface area contributed by atoms with Crippen molar-refractivity contribution in [3.8, 4) is 0 Å². The fourth-order valence-electron chi connectivity index (χ4n) is 2.19. The van der Waals surface area contributed by atoms with Gasteiger partial charge in [0.2, 0.25) is 0 Å². The number of benzene rings is 1. The molecule has 1 atom stereocenters. The van der Waals surface area contributed by atoms with Gasteiger partial charge in [0.25, 0.3) is 0 Å². The summed E-state index contributed by atoms with van der Waals surface area (Å²) in [6.07, 6.45) is 1.08. The maximum Gasteiger partial charge on any atom is 0.137 e. The zero-order chi connectivity index (χ0) is 14.0. The molecule has 19 heavy (non-hydrogen) atoms. The van der Waals surface area contributed by atoms with Crippen molar-refractivity contribution >= 4 is 11.8 Å². The lowest BCUT2D eigenvalue weighted by molar-refractivity contribution is 0.226. The molecular weight excluding hydrogens is 257 g/mol. The van der Waals surface area contributed by atoms with E-state index in [2.05, 4.69) is 39.1 Å². The van der Waals surface area contributed by atoms with E-state index in [0.717, 1.165) is 29.2 Å². The summed E-state index contributed by atoms with van der Waals surface area (Å²) in [4.78, 5) is 0.841. The van der Waals surface area contributed by atoms with Crippen LogP contribution >= 0.6 is 11.8 Å². The van der Waals surface area contributed by atoms with Crippen molar-refractivity contribution in [2.45, 2.75) is 45.1 Å². The second-order valence-electron chi connectivity index (χ2n) is 6.37. The van der Waals surface area contributed by atoms with Crippen LogP contribution < -0.4 is 5.32 Å². The molecule has 1 N–H and O–H groups in total. The van der Waals surface area contributed by atoms with Gasteiger partial charge in [0.15, 0.2) is 0 Å². The fourth-order valence-corrected chi connectivity index (χ4v) is 3.33. The highest BCUT2D eigenvalue weighted by atomic mass is 32.2. The topological polar surface area (TPSA) is 12.0 Å². The van der Waals surface area contributed by atoms with Crippen LogP contribution in [0.5, 0.6) is 0 Å². The molecule has 106 valence electrons. The fraction of sp³-hybridized carbons (Fsp3) is 0.625. The third kappa shape index (κ3) is 3.32. The van der Waals surface area contributed by atoms with E-state index in [4.69, 9.17) is 0 Å². The van der Waals surface area contributed by atoms with Crippen LogP contribution in [-0.2, 0) is 0 Å². The number of fused-ring (bicyclic) bond motifs is 1. The quantitative estimate of drug-likeness (QED) is 0.863. The van der Waals surface area contributed by atoms with Crippen molar-refractivity contribution < 1.29 is 4.39 Å². The summed E-state index contributed by atoms with van der Waals surface area (Å²) in [6, 6.07) is 5.74. The Morgan fingerprint density at radius 2 is 2.16 bits per heavy atom. The number of hydrogen-bond donors (Lipinski definition) is 1. The van der Waals surface area contributed by atoms with Crippen LogP contribution in [0.25, 0.3) is 0 Å². The van der Waals surface area contributed by atoms with E-state index in [9.17, 15) is 4.39 Å². The number of nitrogens with one attached hydrogen (secondary N) is 1. The van der Waals surface area contributed by atoms with Gasteiger partial charge in [-0.1, -0.05) is 39.8 Å². The number of rotatable bonds is 4. The highest BCUT2D eigenvalue weighted by molar-refractivity contribution is 7.99. The Morgan fingerprint density at radius 1 is 1.42 bits per heavy atom. The standard InChI is InChI=1S/C16H24FNS/c1-11(2)16(3,4)10-18-14-8-9-19-15-12(14)6-5-7-13(15)17/h5-7,11,14,18H,8-10H2,1-4H3. The molecular formula is C16H24FNS. The van der Waals surface area contributed by atoms with Crippen LogP contribution in [0.4, 0.5) is 4.39 Å². The average Bonchev–Trinajstić information content (AvgIpc) is 2.37. The summed E-state index contributed by atoms with van der Waals surface area (Å²) in [7, 11) is 0. The average molecular weight is 281 g/mol. The zero-order valence-corrected chi connectivity index (χ0v) is 13.1. The highest BCUT2D eigenvalue weighted by Crippen LogP contribution is 2.38. The summed E-state index contributed by atoms with van der Waals surface area (Å²) in [5.74, 6) is 1.55. The molecule has 2 rings (SSSR count). The van der Waals surface area contributed by atoms with E-state index < -0.39 is 0 Å². The first-order chi connectivity index (χ1) is 8.92. The molecule has 0 bridgehead atoms. The Kier molecular flexibility index (Phi) is 4.57. The molecule has 3 heteroatoms. The Bertz CT molecular complexity index is 442. The Morgan fingerprint density at radius 3 is 2.84 bits per heavy atom. The van der Waals surface area contributed by atoms with E-state index >= 15 is 0 Å². The molecule has 0 amide bonds. The monoisotopic (exact) mass is 281 g/mol. The maximum absolute atomic E-state index is 13.8. The third-order valence-electron chi connectivity index (χ3n) is 4.39. The predicted octanol–water partition coefficient (Wildman–Crippen LogP) is 4.63. The van der Waals surface area contributed by atoms with Gasteiger partial charge in [-0.15, -0.1) is 11.8 Å². The molecule has 0 saturated carbocycles. The molecule has 0 aliphatic carbocycles. The molecule has 0 fully saturated rings. The summed E-state index contributed by atoms with van der Waals surface area (Å²) in [6.45, 7) is 10.1. The van der Waals surface area contributed by atoms with Crippen molar-refractivity contribution in [1.29, 1.82) is 0 Å². The lowest BCUT2D eigenvalue weighted by Crippen LogP contribution is -2.36. The first-order valence-corrected chi connectivity index (χ1v) is 8.05. The van der Waals surface area contributed by atoms with Gasteiger partial charge >= 0.3 is 0 Å². The van der Waals surface area contributed by atoms with Crippen LogP contribution in [0.3, 0.4) is 0 Å². The van der Waals surface area contributed by atoms with E-state index in [1.54, 1.807) is 17.8 Å². The molecule has 1 nitrogen and oxygen atoms in total. The molecule has 0 saturated heterocycles. The van der Waals surface area contributed by atoms with Gasteiger partial charge in [-0.2, -0.15) is 0 Å². The van der Waals surface area contributed by atoms with Crippen molar-refractivity contribution in [1.82, 2.24) is 5.32 Å². The molecule has 0 aromatic heterocycles. The molecule has 0 spiro atoms. The molecule has 1 aliphatic heterocycles. The lowest BCUT2D eigenvalue weighted by atomic mass is 9.81. The minimum absolute atomic E-state index is 0.0721. The van der Waals surface area contributed by atoms with Crippen LogP contribution in [0.2, 0.25) is 0 Å². The number of hydrogen-bond acceptors (Lipinski definition) is 2. The van der Waals surface area contributed by atoms with Gasteiger partial charge in [0.05, 0.1) is 0 Å². The number of halogens is 1. The first kappa shape index (κ1) is 14.9. The van der Waals surface area contributed by atoms with Crippen LogP contribution in [-0.4, -0.2) is 12.3 Å². The third-order valence-corrected chi connectivity index (χ3v) is 5.55.